The fraction of sp³-hybridized carbons (Fsp3) is 0.353. The van der Waals surface area contributed by atoms with Gasteiger partial charge >= 0.3 is 0 Å². The van der Waals surface area contributed by atoms with Crippen LogP contribution in [0.25, 0.3) is 0 Å². The molecule has 0 unspecified atom stereocenters. The van der Waals surface area contributed by atoms with Crippen LogP contribution in [-0.4, -0.2) is 31.0 Å². The monoisotopic (exact) mass is 316 g/mol. The van der Waals surface area contributed by atoms with Crippen LogP contribution in [0.5, 0.6) is 5.75 Å². The second kappa shape index (κ2) is 6.94. The maximum absolute atomic E-state index is 12.3. The van der Waals surface area contributed by atoms with Crippen LogP contribution in [0.4, 0.5) is 5.69 Å². The molecule has 0 bridgehead atoms. The molecule has 0 radical (unpaired) electrons. The van der Waals surface area contributed by atoms with Crippen molar-refractivity contribution >= 4 is 22.9 Å². The first-order valence-electron chi connectivity index (χ1n) is 7.47. The molecule has 0 spiro atoms. The number of nitrogens with one attached hydrogen (secondary N) is 1. The summed E-state index contributed by atoms with van der Waals surface area (Å²) in [7, 11) is 1.62. The SMILES string of the molecule is COc1cccc(NC(=O)CN2CCC[C@H]2c2cccs2)c1. The minimum Gasteiger partial charge on any atom is -0.497 e. The van der Waals surface area contributed by atoms with Crippen molar-refractivity contribution < 1.29 is 9.53 Å². The highest BCUT2D eigenvalue weighted by Gasteiger charge is 2.28. The first-order valence-corrected chi connectivity index (χ1v) is 8.35. The molecule has 1 fully saturated rings. The van der Waals surface area contributed by atoms with Crippen molar-refractivity contribution in [1.29, 1.82) is 0 Å². The molecule has 1 aromatic heterocycles. The lowest BCUT2D eigenvalue weighted by molar-refractivity contribution is -0.117. The van der Waals surface area contributed by atoms with Crippen LogP contribution in [0, 0.1) is 0 Å². The molecule has 0 aliphatic carbocycles. The van der Waals surface area contributed by atoms with E-state index in [2.05, 4.69) is 27.7 Å². The molecule has 22 heavy (non-hydrogen) atoms. The van der Waals surface area contributed by atoms with E-state index >= 15 is 0 Å². The quantitative estimate of drug-likeness (QED) is 0.917. The average molecular weight is 316 g/mol. The Bertz CT molecular complexity index is 627. The summed E-state index contributed by atoms with van der Waals surface area (Å²) >= 11 is 1.77. The molecule has 1 N–H and O–H groups in total. The maximum Gasteiger partial charge on any atom is 0.238 e. The number of anilines is 1. The maximum atomic E-state index is 12.3. The molecule has 3 rings (SSSR count). The second-order valence-electron chi connectivity index (χ2n) is 5.42. The third-order valence-electron chi connectivity index (χ3n) is 3.94. The third kappa shape index (κ3) is 3.48. The Morgan fingerprint density at radius 3 is 3.09 bits per heavy atom. The van der Waals surface area contributed by atoms with Gasteiger partial charge in [0, 0.05) is 22.7 Å². The Balaban J connectivity index is 1.61. The van der Waals surface area contributed by atoms with E-state index in [1.54, 1.807) is 18.4 Å². The van der Waals surface area contributed by atoms with Gasteiger partial charge < -0.3 is 10.1 Å². The van der Waals surface area contributed by atoms with Crippen molar-refractivity contribution in [3.8, 4) is 5.75 Å². The average Bonchev–Trinajstić information content (AvgIpc) is 3.18. The van der Waals surface area contributed by atoms with Crippen LogP contribution >= 0.6 is 11.3 Å². The van der Waals surface area contributed by atoms with Crippen LogP contribution < -0.4 is 10.1 Å². The van der Waals surface area contributed by atoms with Gasteiger partial charge in [-0.25, -0.2) is 0 Å². The standard InChI is InChI=1S/C17H20N2O2S/c1-21-14-6-2-5-13(11-14)18-17(20)12-19-9-3-7-15(19)16-8-4-10-22-16/h2,4-6,8,10-11,15H,3,7,9,12H2,1H3,(H,18,20)/t15-/m0/s1. The number of likely N-dealkylation sites (tertiary alicyclic amines) is 1. The molecule has 5 heteroatoms. The lowest BCUT2D eigenvalue weighted by atomic mass is 10.2. The summed E-state index contributed by atoms with van der Waals surface area (Å²) in [5, 5.41) is 5.05. The highest BCUT2D eigenvalue weighted by atomic mass is 32.1. The van der Waals surface area contributed by atoms with Gasteiger partial charge in [-0.15, -0.1) is 11.3 Å². The number of hydrogen-bond donors (Lipinski definition) is 1. The van der Waals surface area contributed by atoms with Crippen molar-refractivity contribution in [3.63, 3.8) is 0 Å². The summed E-state index contributed by atoms with van der Waals surface area (Å²) in [5.41, 5.74) is 0.774. The highest BCUT2D eigenvalue weighted by molar-refractivity contribution is 7.10. The minimum absolute atomic E-state index is 0.0247. The molecule has 0 saturated carbocycles. The fourth-order valence-electron chi connectivity index (χ4n) is 2.90. The number of nitrogens with zero attached hydrogens (tertiary/aromatic N) is 1. The Labute approximate surface area is 134 Å². The second-order valence-corrected chi connectivity index (χ2v) is 6.40. The summed E-state index contributed by atoms with van der Waals surface area (Å²) in [4.78, 5) is 15.9. The molecular weight excluding hydrogens is 296 g/mol. The van der Waals surface area contributed by atoms with Gasteiger partial charge in [-0.05, 0) is 43.0 Å². The molecule has 1 amide bonds. The van der Waals surface area contributed by atoms with Crippen LogP contribution in [-0.2, 0) is 4.79 Å². The van der Waals surface area contributed by atoms with E-state index < -0.39 is 0 Å². The van der Waals surface area contributed by atoms with E-state index in [9.17, 15) is 4.79 Å². The van der Waals surface area contributed by atoms with E-state index in [-0.39, 0.29) is 5.91 Å². The first-order chi connectivity index (χ1) is 10.8. The molecule has 1 atom stereocenters. The molecule has 2 aromatic rings. The molecular formula is C17H20N2O2S. The largest absolute Gasteiger partial charge is 0.497 e. The number of carbonyl (C=O) groups is 1. The van der Waals surface area contributed by atoms with E-state index in [0.29, 0.717) is 12.6 Å². The normalized spacial score (nSPS) is 18.3. The van der Waals surface area contributed by atoms with E-state index in [4.69, 9.17) is 4.74 Å². The van der Waals surface area contributed by atoms with Gasteiger partial charge in [-0.1, -0.05) is 12.1 Å². The number of rotatable bonds is 5. The van der Waals surface area contributed by atoms with E-state index in [0.717, 1.165) is 30.8 Å². The summed E-state index contributed by atoms with van der Waals surface area (Å²) in [6, 6.07) is 12.1. The zero-order valence-corrected chi connectivity index (χ0v) is 13.4. The lowest BCUT2D eigenvalue weighted by Gasteiger charge is -2.22. The summed E-state index contributed by atoms with van der Waals surface area (Å²) in [6.45, 7) is 1.41. The first kappa shape index (κ1) is 15.1. The van der Waals surface area contributed by atoms with Crippen molar-refractivity contribution in [2.75, 3.05) is 25.5 Å². The van der Waals surface area contributed by atoms with Gasteiger partial charge in [0.15, 0.2) is 0 Å². The Morgan fingerprint density at radius 2 is 2.32 bits per heavy atom. The molecule has 1 aliphatic heterocycles. The summed E-state index contributed by atoms with van der Waals surface area (Å²) in [5.74, 6) is 0.771. The van der Waals surface area contributed by atoms with Crippen molar-refractivity contribution in [3.05, 3.63) is 46.7 Å². The summed E-state index contributed by atoms with van der Waals surface area (Å²) < 4.78 is 5.18. The zero-order valence-electron chi connectivity index (χ0n) is 12.6. The number of hydrogen-bond acceptors (Lipinski definition) is 4. The predicted octanol–water partition coefficient (Wildman–Crippen LogP) is 3.53. The van der Waals surface area contributed by atoms with Gasteiger partial charge in [0.2, 0.25) is 5.91 Å². The van der Waals surface area contributed by atoms with E-state index in [1.807, 2.05) is 24.3 Å². The van der Waals surface area contributed by atoms with Gasteiger partial charge in [0.05, 0.1) is 13.7 Å². The number of benzene rings is 1. The van der Waals surface area contributed by atoms with Crippen molar-refractivity contribution in [2.45, 2.75) is 18.9 Å². The number of methoxy groups -OCH3 is 1. The van der Waals surface area contributed by atoms with Crippen molar-refractivity contribution in [1.82, 2.24) is 4.90 Å². The summed E-state index contributed by atoms with van der Waals surface area (Å²) in [6.07, 6.45) is 2.28. The van der Waals surface area contributed by atoms with Gasteiger partial charge in [-0.3, -0.25) is 9.69 Å². The Morgan fingerprint density at radius 1 is 1.41 bits per heavy atom. The number of ether oxygens (including phenoxy) is 1. The molecule has 116 valence electrons. The molecule has 1 aromatic carbocycles. The molecule has 4 nitrogen and oxygen atoms in total. The van der Waals surface area contributed by atoms with Gasteiger partial charge in [-0.2, -0.15) is 0 Å². The Kier molecular flexibility index (Phi) is 4.75. The van der Waals surface area contributed by atoms with Crippen LogP contribution in [0.2, 0.25) is 0 Å². The van der Waals surface area contributed by atoms with Gasteiger partial charge in [0.1, 0.15) is 5.75 Å². The fourth-order valence-corrected chi connectivity index (χ4v) is 3.80. The minimum atomic E-state index is 0.0247. The molecule has 2 heterocycles. The third-order valence-corrected chi connectivity index (χ3v) is 4.91. The van der Waals surface area contributed by atoms with Crippen LogP contribution in [0.1, 0.15) is 23.8 Å². The van der Waals surface area contributed by atoms with Gasteiger partial charge in [0.25, 0.3) is 0 Å². The highest BCUT2D eigenvalue weighted by Crippen LogP contribution is 2.34. The smallest absolute Gasteiger partial charge is 0.238 e. The molecule has 1 saturated heterocycles. The topological polar surface area (TPSA) is 41.6 Å². The van der Waals surface area contributed by atoms with E-state index in [1.165, 1.54) is 4.88 Å². The predicted molar refractivity (Wildman–Crippen MR) is 89.5 cm³/mol. The number of carbonyl (C=O) groups excluding carboxylic acids is 1. The van der Waals surface area contributed by atoms with Crippen molar-refractivity contribution in [2.24, 2.45) is 0 Å². The zero-order chi connectivity index (χ0) is 15.4. The number of amides is 1. The molecule has 1 aliphatic rings. The Hall–Kier alpha value is -1.85. The number of thiophene rings is 1. The van der Waals surface area contributed by atoms with Crippen LogP contribution in [0.3, 0.4) is 0 Å². The lowest BCUT2D eigenvalue weighted by Crippen LogP contribution is -2.32. The van der Waals surface area contributed by atoms with Crippen LogP contribution in [0.15, 0.2) is 41.8 Å².